The molecule has 19 heavy (non-hydrogen) atoms. The number of hydrogen-bond donors (Lipinski definition) is 2. The summed E-state index contributed by atoms with van der Waals surface area (Å²) in [6, 6.07) is 11.6. The van der Waals surface area contributed by atoms with Crippen molar-refractivity contribution in [3.8, 4) is 11.4 Å². The first kappa shape index (κ1) is 12.1. The molecule has 0 aliphatic carbocycles. The second-order valence-electron chi connectivity index (χ2n) is 4.53. The van der Waals surface area contributed by atoms with Gasteiger partial charge in [0.05, 0.1) is 16.1 Å². The number of nitrogens with zero attached hydrogens (tertiary/aromatic N) is 1. The largest absolute Gasteiger partial charge is 0.399 e. The summed E-state index contributed by atoms with van der Waals surface area (Å²) in [7, 11) is 0. The lowest BCUT2D eigenvalue weighted by atomic mass is 10.1. The van der Waals surface area contributed by atoms with Gasteiger partial charge in [-0.3, -0.25) is 0 Å². The lowest BCUT2D eigenvalue weighted by molar-refractivity contribution is 1.14. The SMILES string of the molecule is CCc1ccc2nc(-c3cc(N)ccc3Cl)[nH]c2c1. The Kier molecular flexibility index (Phi) is 2.91. The van der Waals surface area contributed by atoms with Crippen LogP contribution in [0.5, 0.6) is 0 Å². The van der Waals surface area contributed by atoms with Crippen molar-refractivity contribution in [2.24, 2.45) is 0 Å². The van der Waals surface area contributed by atoms with E-state index in [9.17, 15) is 0 Å². The van der Waals surface area contributed by atoms with Crippen molar-refractivity contribution in [1.29, 1.82) is 0 Å². The molecule has 0 unspecified atom stereocenters. The Morgan fingerprint density at radius 3 is 2.84 bits per heavy atom. The van der Waals surface area contributed by atoms with Crippen molar-refractivity contribution in [2.45, 2.75) is 13.3 Å². The Morgan fingerprint density at radius 2 is 2.05 bits per heavy atom. The molecule has 3 N–H and O–H groups in total. The van der Waals surface area contributed by atoms with Crippen LogP contribution in [-0.4, -0.2) is 9.97 Å². The molecule has 1 heterocycles. The van der Waals surface area contributed by atoms with Gasteiger partial charge in [-0.1, -0.05) is 24.6 Å². The molecule has 3 rings (SSSR count). The average Bonchev–Trinajstić information content (AvgIpc) is 2.83. The van der Waals surface area contributed by atoms with E-state index in [2.05, 4.69) is 29.0 Å². The molecular weight excluding hydrogens is 258 g/mol. The maximum absolute atomic E-state index is 6.20. The third-order valence-corrected chi connectivity index (χ3v) is 3.53. The highest BCUT2D eigenvalue weighted by Crippen LogP contribution is 2.29. The summed E-state index contributed by atoms with van der Waals surface area (Å²) in [6.45, 7) is 2.13. The van der Waals surface area contributed by atoms with E-state index in [1.165, 1.54) is 5.56 Å². The molecule has 0 aliphatic rings. The molecule has 0 fully saturated rings. The second kappa shape index (κ2) is 4.59. The number of benzene rings is 2. The number of halogens is 1. The van der Waals surface area contributed by atoms with Gasteiger partial charge >= 0.3 is 0 Å². The average molecular weight is 272 g/mol. The minimum absolute atomic E-state index is 0.643. The van der Waals surface area contributed by atoms with Crippen LogP contribution in [0.15, 0.2) is 36.4 Å². The van der Waals surface area contributed by atoms with Gasteiger partial charge in [0.2, 0.25) is 0 Å². The molecule has 0 amide bonds. The number of H-pyrrole nitrogens is 1. The van der Waals surface area contributed by atoms with Gasteiger partial charge in [0, 0.05) is 11.3 Å². The fraction of sp³-hybridized carbons (Fsp3) is 0.133. The van der Waals surface area contributed by atoms with Crippen molar-refractivity contribution < 1.29 is 0 Å². The minimum atomic E-state index is 0.643. The first-order valence-electron chi connectivity index (χ1n) is 6.21. The normalized spacial score (nSPS) is 11.1. The number of rotatable bonds is 2. The second-order valence-corrected chi connectivity index (χ2v) is 4.94. The molecule has 0 atom stereocenters. The zero-order valence-electron chi connectivity index (χ0n) is 10.6. The lowest BCUT2D eigenvalue weighted by Gasteiger charge is -2.01. The summed E-state index contributed by atoms with van der Waals surface area (Å²) in [6.07, 6.45) is 1.00. The summed E-state index contributed by atoms with van der Waals surface area (Å²) < 4.78 is 0. The zero-order valence-corrected chi connectivity index (χ0v) is 11.3. The summed E-state index contributed by atoms with van der Waals surface area (Å²) >= 11 is 6.20. The Bertz CT molecular complexity index is 746. The van der Waals surface area contributed by atoms with E-state index in [-0.39, 0.29) is 0 Å². The van der Waals surface area contributed by atoms with E-state index in [0.717, 1.165) is 28.8 Å². The number of aromatic nitrogens is 2. The number of nitrogens with one attached hydrogen (secondary N) is 1. The Labute approximate surface area is 116 Å². The van der Waals surface area contributed by atoms with Gasteiger partial charge in [-0.05, 0) is 42.3 Å². The molecule has 0 bridgehead atoms. The maximum atomic E-state index is 6.20. The monoisotopic (exact) mass is 271 g/mol. The van der Waals surface area contributed by atoms with Crippen LogP contribution in [0.2, 0.25) is 5.02 Å². The predicted molar refractivity (Wildman–Crippen MR) is 80.3 cm³/mol. The standard InChI is InChI=1S/C15H14ClN3/c1-2-9-3-6-13-14(7-9)19-15(18-13)11-8-10(17)4-5-12(11)16/h3-8H,2,17H2,1H3,(H,18,19). The van der Waals surface area contributed by atoms with Crippen LogP contribution in [0.4, 0.5) is 5.69 Å². The molecule has 0 aliphatic heterocycles. The van der Waals surface area contributed by atoms with Crippen LogP contribution in [0, 0.1) is 0 Å². The van der Waals surface area contributed by atoms with Crippen molar-refractivity contribution in [3.05, 3.63) is 47.0 Å². The predicted octanol–water partition coefficient (Wildman–Crippen LogP) is 4.03. The fourth-order valence-electron chi connectivity index (χ4n) is 2.13. The number of hydrogen-bond acceptors (Lipinski definition) is 2. The van der Waals surface area contributed by atoms with Crippen molar-refractivity contribution in [3.63, 3.8) is 0 Å². The van der Waals surface area contributed by atoms with Gasteiger partial charge in [0.25, 0.3) is 0 Å². The van der Waals surface area contributed by atoms with E-state index in [1.54, 1.807) is 12.1 Å². The van der Waals surface area contributed by atoms with Crippen LogP contribution < -0.4 is 5.73 Å². The van der Waals surface area contributed by atoms with Crippen molar-refractivity contribution in [1.82, 2.24) is 9.97 Å². The quantitative estimate of drug-likeness (QED) is 0.692. The van der Waals surface area contributed by atoms with Crippen molar-refractivity contribution >= 4 is 28.3 Å². The Hall–Kier alpha value is -2.00. The topological polar surface area (TPSA) is 54.7 Å². The molecule has 3 nitrogen and oxygen atoms in total. The number of aromatic amines is 1. The third-order valence-electron chi connectivity index (χ3n) is 3.20. The number of nitrogen functional groups attached to an aromatic ring is 1. The van der Waals surface area contributed by atoms with E-state index in [0.29, 0.717) is 10.7 Å². The fourth-order valence-corrected chi connectivity index (χ4v) is 2.34. The molecule has 96 valence electrons. The molecule has 1 aromatic heterocycles. The summed E-state index contributed by atoms with van der Waals surface area (Å²) in [5.41, 5.74) is 10.5. The van der Waals surface area contributed by atoms with Gasteiger partial charge in [-0.2, -0.15) is 0 Å². The summed E-state index contributed by atoms with van der Waals surface area (Å²) in [5, 5.41) is 0.643. The van der Waals surface area contributed by atoms with Crippen molar-refractivity contribution in [2.75, 3.05) is 5.73 Å². The van der Waals surface area contributed by atoms with E-state index in [4.69, 9.17) is 17.3 Å². The first-order valence-corrected chi connectivity index (χ1v) is 6.59. The van der Waals surface area contributed by atoms with Gasteiger partial charge in [0.1, 0.15) is 5.82 Å². The Balaban J connectivity index is 2.17. The smallest absolute Gasteiger partial charge is 0.140 e. The van der Waals surface area contributed by atoms with Crippen LogP contribution in [-0.2, 0) is 6.42 Å². The molecule has 0 spiro atoms. The number of nitrogens with two attached hydrogens (primary N) is 1. The molecule has 2 aromatic carbocycles. The number of anilines is 1. The molecule has 0 saturated heterocycles. The summed E-state index contributed by atoms with van der Waals surface area (Å²) in [5.74, 6) is 0.751. The number of aryl methyl sites for hydroxylation is 1. The Morgan fingerprint density at radius 1 is 1.21 bits per heavy atom. The number of fused-ring (bicyclic) bond motifs is 1. The minimum Gasteiger partial charge on any atom is -0.399 e. The molecule has 0 saturated carbocycles. The van der Waals surface area contributed by atoms with Gasteiger partial charge in [-0.15, -0.1) is 0 Å². The molecule has 0 radical (unpaired) electrons. The third kappa shape index (κ3) is 2.17. The summed E-state index contributed by atoms with van der Waals surface area (Å²) in [4.78, 5) is 7.87. The van der Waals surface area contributed by atoms with Crippen LogP contribution >= 0.6 is 11.6 Å². The van der Waals surface area contributed by atoms with E-state index in [1.807, 2.05) is 12.1 Å². The van der Waals surface area contributed by atoms with Gasteiger partial charge in [-0.25, -0.2) is 4.98 Å². The highest BCUT2D eigenvalue weighted by Gasteiger charge is 2.09. The highest BCUT2D eigenvalue weighted by atomic mass is 35.5. The van der Waals surface area contributed by atoms with Crippen LogP contribution in [0.25, 0.3) is 22.4 Å². The first-order chi connectivity index (χ1) is 9.17. The highest BCUT2D eigenvalue weighted by molar-refractivity contribution is 6.33. The zero-order chi connectivity index (χ0) is 13.4. The maximum Gasteiger partial charge on any atom is 0.140 e. The lowest BCUT2D eigenvalue weighted by Crippen LogP contribution is -1.87. The molecule has 3 aromatic rings. The number of imidazole rings is 1. The van der Waals surface area contributed by atoms with Gasteiger partial charge in [0.15, 0.2) is 0 Å². The molecule has 4 heteroatoms. The van der Waals surface area contributed by atoms with E-state index < -0.39 is 0 Å². The van der Waals surface area contributed by atoms with Gasteiger partial charge < -0.3 is 10.7 Å². The molecular formula is C15H14ClN3. The van der Waals surface area contributed by atoms with E-state index >= 15 is 0 Å². The van der Waals surface area contributed by atoms with Crippen LogP contribution in [0.1, 0.15) is 12.5 Å². The van der Waals surface area contributed by atoms with Crippen LogP contribution in [0.3, 0.4) is 0 Å².